The molecule has 6 nitrogen and oxygen atoms in total. The van der Waals surface area contributed by atoms with Crippen LogP contribution >= 0.6 is 0 Å². The van der Waals surface area contributed by atoms with Crippen molar-refractivity contribution in [2.24, 2.45) is 5.73 Å². The van der Waals surface area contributed by atoms with E-state index in [0.29, 0.717) is 0 Å². The topological polar surface area (TPSA) is 89.7 Å². The van der Waals surface area contributed by atoms with Gasteiger partial charge in [0.2, 0.25) is 15.9 Å². The molecule has 0 bridgehead atoms. The van der Waals surface area contributed by atoms with E-state index in [-0.39, 0.29) is 18.5 Å². The molecule has 8 heteroatoms. The Morgan fingerprint density at radius 1 is 1.48 bits per heavy atom. The summed E-state index contributed by atoms with van der Waals surface area (Å²) >= 11 is 0. The van der Waals surface area contributed by atoms with Crippen molar-refractivity contribution < 1.29 is 22.3 Å². The van der Waals surface area contributed by atoms with Crippen molar-refractivity contribution in [1.29, 1.82) is 0 Å². The van der Waals surface area contributed by atoms with Crippen LogP contribution in [0, 0.1) is 12.7 Å². The molecule has 2 atom stereocenters. The van der Waals surface area contributed by atoms with Gasteiger partial charge in [-0.3, -0.25) is 4.79 Å². The number of halogens is 1. The fourth-order valence-corrected chi connectivity index (χ4v) is 4.19. The van der Waals surface area contributed by atoms with Gasteiger partial charge in [-0.25, -0.2) is 12.8 Å². The number of hydrogen-bond acceptors (Lipinski definition) is 4. The van der Waals surface area contributed by atoms with Gasteiger partial charge in [-0.05, 0) is 18.6 Å². The van der Waals surface area contributed by atoms with Crippen molar-refractivity contribution in [2.45, 2.75) is 30.4 Å². The lowest BCUT2D eigenvalue weighted by atomic mass is 10.2. The first-order valence-corrected chi connectivity index (χ1v) is 7.82. The van der Waals surface area contributed by atoms with Crippen LogP contribution < -0.4 is 5.73 Å². The number of rotatable bonds is 4. The number of ether oxygens (including phenoxy) is 1. The molecule has 0 aromatic heterocycles. The maximum atomic E-state index is 14.1. The maximum Gasteiger partial charge on any atom is 0.246 e. The number of nitrogens with zero attached hydrogens (tertiary/aromatic N) is 1. The number of primary amides is 1. The van der Waals surface area contributed by atoms with Gasteiger partial charge in [0.1, 0.15) is 16.8 Å². The summed E-state index contributed by atoms with van der Waals surface area (Å²) in [6, 6.07) is 3.08. The van der Waals surface area contributed by atoms with Gasteiger partial charge >= 0.3 is 0 Å². The Labute approximate surface area is 122 Å². The summed E-state index contributed by atoms with van der Waals surface area (Å²) in [5.41, 5.74) is 5.47. The number of carbonyl (C=O) groups is 1. The summed E-state index contributed by atoms with van der Waals surface area (Å²) in [6.07, 6.45) is -0.275. The molecule has 2 N–H and O–H groups in total. The van der Waals surface area contributed by atoms with E-state index in [1.165, 1.54) is 32.2 Å². The summed E-state index contributed by atoms with van der Waals surface area (Å²) in [4.78, 5) is 11.0. The van der Waals surface area contributed by atoms with E-state index < -0.39 is 38.8 Å². The van der Waals surface area contributed by atoms with E-state index in [2.05, 4.69) is 0 Å². The Morgan fingerprint density at radius 2 is 2.14 bits per heavy atom. The van der Waals surface area contributed by atoms with E-state index in [1.807, 2.05) is 0 Å². The van der Waals surface area contributed by atoms with Gasteiger partial charge in [0.25, 0.3) is 0 Å². The predicted octanol–water partition coefficient (Wildman–Crippen LogP) is 0.397. The van der Waals surface area contributed by atoms with E-state index in [4.69, 9.17) is 10.5 Å². The third kappa shape index (κ3) is 2.78. The van der Waals surface area contributed by atoms with Crippen molar-refractivity contribution in [3.63, 3.8) is 0 Å². The second kappa shape index (κ2) is 5.70. The van der Waals surface area contributed by atoms with Gasteiger partial charge in [-0.2, -0.15) is 4.31 Å². The largest absolute Gasteiger partial charge is 0.380 e. The van der Waals surface area contributed by atoms with Gasteiger partial charge in [0, 0.05) is 20.1 Å². The zero-order chi connectivity index (χ0) is 15.8. The van der Waals surface area contributed by atoms with E-state index in [9.17, 15) is 17.6 Å². The molecule has 1 heterocycles. The van der Waals surface area contributed by atoms with Crippen molar-refractivity contribution in [3.05, 3.63) is 29.6 Å². The van der Waals surface area contributed by atoms with Gasteiger partial charge in [0.15, 0.2) is 0 Å². The summed E-state index contributed by atoms with van der Waals surface area (Å²) in [6.45, 7) is 1.45. The highest BCUT2D eigenvalue weighted by Crippen LogP contribution is 2.29. The third-order valence-electron chi connectivity index (χ3n) is 3.62. The quantitative estimate of drug-likeness (QED) is 0.870. The first kappa shape index (κ1) is 15.9. The number of amides is 1. The van der Waals surface area contributed by atoms with Crippen LogP contribution in [0.1, 0.15) is 12.0 Å². The summed E-state index contributed by atoms with van der Waals surface area (Å²) in [5.74, 6) is -1.59. The van der Waals surface area contributed by atoms with Crippen LogP contribution in [0.15, 0.2) is 23.1 Å². The van der Waals surface area contributed by atoms with E-state index in [1.54, 1.807) is 0 Å². The van der Waals surface area contributed by atoms with Gasteiger partial charge in [-0.15, -0.1) is 0 Å². The number of hydrogen-bond donors (Lipinski definition) is 1. The Morgan fingerprint density at radius 3 is 2.71 bits per heavy atom. The minimum absolute atomic E-state index is 0.0280. The minimum atomic E-state index is -4.15. The molecule has 0 aliphatic carbocycles. The first-order valence-electron chi connectivity index (χ1n) is 6.38. The molecule has 0 radical (unpaired) electrons. The van der Waals surface area contributed by atoms with Crippen LogP contribution in [-0.4, -0.2) is 44.4 Å². The number of aryl methyl sites for hydroxylation is 1. The fourth-order valence-electron chi connectivity index (χ4n) is 2.41. The molecule has 0 unspecified atom stereocenters. The molecule has 0 saturated carbocycles. The maximum absolute atomic E-state index is 14.1. The monoisotopic (exact) mass is 316 g/mol. The van der Waals surface area contributed by atoms with Gasteiger partial charge < -0.3 is 10.5 Å². The predicted molar refractivity (Wildman–Crippen MR) is 73.4 cm³/mol. The molecule has 0 spiro atoms. The molecule has 1 amide bonds. The summed E-state index contributed by atoms with van der Waals surface area (Å²) < 4.78 is 45.3. The highest BCUT2D eigenvalue weighted by atomic mass is 32.2. The molecule has 2 rings (SSSR count). The average Bonchev–Trinajstić information content (AvgIpc) is 2.87. The van der Waals surface area contributed by atoms with Crippen LogP contribution in [0.3, 0.4) is 0 Å². The lowest BCUT2D eigenvalue weighted by Gasteiger charge is -2.22. The second-order valence-corrected chi connectivity index (χ2v) is 6.83. The van der Waals surface area contributed by atoms with Crippen LogP contribution in [0.5, 0.6) is 0 Å². The standard InChI is InChI=1S/C13H17FN2O4S/c1-8-4-3-5-11(12(8)14)21(18,19)16-7-9(20-2)6-10(16)13(15)17/h3-5,9-10H,6-7H2,1-2H3,(H2,15,17)/t9-,10-/m0/s1. The molecule has 21 heavy (non-hydrogen) atoms. The average molecular weight is 316 g/mol. The van der Waals surface area contributed by atoms with Crippen LogP contribution in [0.25, 0.3) is 0 Å². The number of nitrogens with two attached hydrogens (primary N) is 1. The minimum Gasteiger partial charge on any atom is -0.380 e. The molecule has 1 aliphatic heterocycles. The van der Waals surface area contributed by atoms with Crippen LogP contribution in [-0.2, 0) is 19.6 Å². The molecule has 1 aliphatic rings. The molecule has 1 aromatic rings. The lowest BCUT2D eigenvalue weighted by Crippen LogP contribution is -2.43. The van der Waals surface area contributed by atoms with Crippen molar-refractivity contribution in [1.82, 2.24) is 4.31 Å². The van der Waals surface area contributed by atoms with Crippen LogP contribution in [0.4, 0.5) is 4.39 Å². The number of benzene rings is 1. The Hall–Kier alpha value is -1.51. The number of sulfonamides is 1. The molecular formula is C13H17FN2O4S. The van der Waals surface area contributed by atoms with Crippen molar-refractivity contribution in [3.8, 4) is 0 Å². The van der Waals surface area contributed by atoms with Crippen molar-refractivity contribution >= 4 is 15.9 Å². The molecule has 1 fully saturated rings. The highest BCUT2D eigenvalue weighted by Gasteiger charge is 2.44. The van der Waals surface area contributed by atoms with E-state index in [0.717, 1.165) is 4.31 Å². The highest BCUT2D eigenvalue weighted by molar-refractivity contribution is 7.89. The molecule has 1 saturated heterocycles. The zero-order valence-electron chi connectivity index (χ0n) is 11.7. The Kier molecular flexibility index (Phi) is 4.31. The zero-order valence-corrected chi connectivity index (χ0v) is 12.6. The van der Waals surface area contributed by atoms with Crippen molar-refractivity contribution in [2.75, 3.05) is 13.7 Å². The normalized spacial score (nSPS) is 23.4. The van der Waals surface area contributed by atoms with Gasteiger partial charge in [0.05, 0.1) is 6.10 Å². The van der Waals surface area contributed by atoms with Gasteiger partial charge in [-0.1, -0.05) is 12.1 Å². The summed E-state index contributed by atoms with van der Waals surface area (Å²) in [5, 5.41) is 0. The molecule has 116 valence electrons. The number of carbonyl (C=O) groups excluding carboxylic acids is 1. The molecule has 1 aromatic carbocycles. The first-order chi connectivity index (χ1) is 9.78. The SMILES string of the molecule is CO[C@H]1C[C@@H](C(N)=O)N(S(=O)(=O)c2cccc(C)c2F)C1. The third-order valence-corrected chi connectivity index (χ3v) is 5.51. The number of methoxy groups -OCH3 is 1. The fraction of sp³-hybridized carbons (Fsp3) is 0.462. The Balaban J connectivity index is 2.47. The lowest BCUT2D eigenvalue weighted by molar-refractivity contribution is -0.121. The van der Waals surface area contributed by atoms with E-state index >= 15 is 0 Å². The van der Waals surface area contributed by atoms with Crippen LogP contribution in [0.2, 0.25) is 0 Å². The molecular weight excluding hydrogens is 299 g/mol. The Bertz CT molecular complexity index is 662. The second-order valence-electron chi connectivity index (χ2n) is 4.97. The summed E-state index contributed by atoms with van der Waals surface area (Å²) in [7, 11) is -2.73. The smallest absolute Gasteiger partial charge is 0.246 e.